The Morgan fingerprint density at radius 1 is 1.21 bits per heavy atom. The van der Waals surface area contributed by atoms with Gasteiger partial charge in [-0.3, -0.25) is 9.59 Å². The predicted molar refractivity (Wildman–Crippen MR) is 107 cm³/mol. The van der Waals surface area contributed by atoms with Crippen LogP contribution in [0.15, 0.2) is 41.0 Å². The summed E-state index contributed by atoms with van der Waals surface area (Å²) in [6.07, 6.45) is 9.00. The number of fused-ring (bicyclic) bond motifs is 1. The fourth-order valence-electron chi connectivity index (χ4n) is 4.45. The highest BCUT2D eigenvalue weighted by atomic mass is 16.3. The molecule has 0 saturated heterocycles. The van der Waals surface area contributed by atoms with Gasteiger partial charge in [-0.15, -0.1) is 0 Å². The van der Waals surface area contributed by atoms with Gasteiger partial charge < -0.3 is 14.6 Å². The number of nitrogens with one attached hydrogen (secondary N) is 1. The van der Waals surface area contributed by atoms with E-state index in [0.717, 1.165) is 37.0 Å². The first-order chi connectivity index (χ1) is 13.6. The Morgan fingerprint density at radius 3 is 2.79 bits per heavy atom. The Bertz CT molecular complexity index is 838. The molecule has 28 heavy (non-hydrogen) atoms. The minimum absolute atomic E-state index is 0.000547. The monoisotopic (exact) mass is 380 g/mol. The average Bonchev–Trinajstić information content (AvgIpc) is 3.35. The van der Waals surface area contributed by atoms with Gasteiger partial charge in [-0.1, -0.05) is 31.4 Å². The van der Waals surface area contributed by atoms with Crippen molar-refractivity contribution < 1.29 is 14.0 Å². The summed E-state index contributed by atoms with van der Waals surface area (Å²) in [5.41, 5.74) is 2.08. The molecule has 2 aromatic rings. The van der Waals surface area contributed by atoms with Crippen LogP contribution in [-0.4, -0.2) is 28.8 Å². The molecule has 2 amide bonds. The van der Waals surface area contributed by atoms with Crippen LogP contribution in [0.4, 0.5) is 0 Å². The smallest absolute Gasteiger partial charge is 0.255 e. The fraction of sp³-hybridized carbons (Fsp3) is 0.478. The number of carbonyl (C=O) groups is 2. The van der Waals surface area contributed by atoms with Crippen molar-refractivity contribution in [2.24, 2.45) is 0 Å². The minimum atomic E-state index is -0.164. The molecule has 2 aliphatic rings. The standard InChI is InChI=1S/C23H28N2O3/c1-16(12-13-19-10-6-14-28-19)24-22(26)20-11-5-7-17-15-25(23(27)21(17)20)18-8-3-2-4-9-18/h5-7,10-11,14,16,18H,2-4,8-9,12-13,15H2,1H3,(H,24,26). The topological polar surface area (TPSA) is 62.6 Å². The Hall–Kier alpha value is -2.56. The van der Waals surface area contributed by atoms with Gasteiger partial charge in [0.25, 0.3) is 11.8 Å². The first-order valence-electron chi connectivity index (χ1n) is 10.4. The fourth-order valence-corrected chi connectivity index (χ4v) is 4.45. The summed E-state index contributed by atoms with van der Waals surface area (Å²) in [5.74, 6) is 0.776. The van der Waals surface area contributed by atoms with E-state index in [0.29, 0.717) is 23.7 Å². The largest absolute Gasteiger partial charge is 0.469 e. The van der Waals surface area contributed by atoms with E-state index in [2.05, 4.69) is 5.32 Å². The van der Waals surface area contributed by atoms with Gasteiger partial charge in [0, 0.05) is 25.0 Å². The van der Waals surface area contributed by atoms with Gasteiger partial charge in [0.2, 0.25) is 0 Å². The third-order valence-electron chi connectivity index (χ3n) is 6.01. The van der Waals surface area contributed by atoms with Crippen molar-refractivity contribution in [1.29, 1.82) is 0 Å². The molecule has 1 aliphatic heterocycles. The Morgan fingerprint density at radius 2 is 2.04 bits per heavy atom. The van der Waals surface area contributed by atoms with Gasteiger partial charge in [-0.2, -0.15) is 0 Å². The SMILES string of the molecule is CC(CCc1ccco1)NC(=O)c1cccc2c1C(=O)N(C1CCCCC1)C2. The maximum absolute atomic E-state index is 13.1. The summed E-state index contributed by atoms with van der Waals surface area (Å²) in [6.45, 7) is 2.62. The molecular weight excluding hydrogens is 352 g/mol. The van der Waals surface area contributed by atoms with Crippen molar-refractivity contribution in [2.45, 2.75) is 70.5 Å². The number of benzene rings is 1. The average molecular weight is 380 g/mol. The summed E-state index contributed by atoms with van der Waals surface area (Å²) in [5, 5.41) is 3.05. The first-order valence-corrected chi connectivity index (χ1v) is 10.4. The van der Waals surface area contributed by atoms with E-state index in [1.807, 2.05) is 36.1 Å². The molecule has 148 valence electrons. The van der Waals surface area contributed by atoms with E-state index < -0.39 is 0 Å². The number of aryl methyl sites for hydroxylation is 1. The Balaban J connectivity index is 1.44. The zero-order chi connectivity index (χ0) is 19.5. The lowest BCUT2D eigenvalue weighted by Gasteiger charge is -2.31. The zero-order valence-electron chi connectivity index (χ0n) is 16.4. The van der Waals surface area contributed by atoms with E-state index >= 15 is 0 Å². The third-order valence-corrected chi connectivity index (χ3v) is 6.01. The molecule has 5 nitrogen and oxygen atoms in total. The van der Waals surface area contributed by atoms with Crippen molar-refractivity contribution in [3.63, 3.8) is 0 Å². The van der Waals surface area contributed by atoms with E-state index in [-0.39, 0.29) is 17.9 Å². The predicted octanol–water partition coefficient (Wildman–Crippen LogP) is 4.32. The molecule has 1 N–H and O–H groups in total. The lowest BCUT2D eigenvalue weighted by atomic mass is 9.94. The van der Waals surface area contributed by atoms with E-state index in [4.69, 9.17) is 4.42 Å². The molecule has 5 heteroatoms. The van der Waals surface area contributed by atoms with Crippen molar-refractivity contribution in [2.75, 3.05) is 0 Å². The zero-order valence-corrected chi connectivity index (χ0v) is 16.4. The van der Waals surface area contributed by atoms with Crippen molar-refractivity contribution in [3.8, 4) is 0 Å². The van der Waals surface area contributed by atoms with Crippen LogP contribution in [0, 0.1) is 0 Å². The first kappa shape index (κ1) is 18.8. The molecule has 4 rings (SSSR count). The molecule has 1 unspecified atom stereocenters. The van der Waals surface area contributed by atoms with Gasteiger partial charge >= 0.3 is 0 Å². The highest BCUT2D eigenvalue weighted by Crippen LogP contribution is 2.32. The van der Waals surface area contributed by atoms with Crippen molar-refractivity contribution in [3.05, 3.63) is 59.0 Å². The highest BCUT2D eigenvalue weighted by Gasteiger charge is 2.36. The number of carbonyl (C=O) groups excluding carboxylic acids is 2. The second kappa shape index (κ2) is 8.21. The molecule has 1 aliphatic carbocycles. The molecule has 1 aromatic carbocycles. The Labute approximate surface area is 166 Å². The van der Waals surface area contributed by atoms with Gasteiger partial charge in [0.1, 0.15) is 5.76 Å². The van der Waals surface area contributed by atoms with E-state index in [9.17, 15) is 9.59 Å². The van der Waals surface area contributed by atoms with Crippen LogP contribution in [0.3, 0.4) is 0 Å². The highest BCUT2D eigenvalue weighted by molar-refractivity contribution is 6.09. The van der Waals surface area contributed by atoms with Crippen LogP contribution in [0.2, 0.25) is 0 Å². The molecule has 2 heterocycles. The number of rotatable bonds is 6. The number of hydrogen-bond donors (Lipinski definition) is 1. The normalized spacial score (nSPS) is 18.2. The molecule has 1 aromatic heterocycles. The number of furan rings is 1. The molecule has 0 bridgehead atoms. The molecule has 1 atom stereocenters. The summed E-state index contributed by atoms with van der Waals surface area (Å²) >= 11 is 0. The molecule has 0 radical (unpaired) electrons. The second-order valence-electron chi connectivity index (χ2n) is 8.06. The van der Waals surface area contributed by atoms with Crippen LogP contribution >= 0.6 is 0 Å². The Kier molecular flexibility index (Phi) is 5.51. The van der Waals surface area contributed by atoms with Crippen LogP contribution in [0.5, 0.6) is 0 Å². The van der Waals surface area contributed by atoms with Crippen LogP contribution < -0.4 is 5.32 Å². The molecule has 0 spiro atoms. The van der Waals surface area contributed by atoms with Gasteiger partial charge in [-0.25, -0.2) is 0 Å². The van der Waals surface area contributed by atoms with Gasteiger partial charge in [-0.05, 0) is 49.9 Å². The molecule has 1 saturated carbocycles. The number of nitrogens with zero attached hydrogens (tertiary/aromatic N) is 1. The molecule has 1 fully saturated rings. The van der Waals surface area contributed by atoms with Gasteiger partial charge in [0.05, 0.1) is 17.4 Å². The van der Waals surface area contributed by atoms with Crippen LogP contribution in [0.1, 0.15) is 77.5 Å². The summed E-state index contributed by atoms with van der Waals surface area (Å²) in [4.78, 5) is 28.0. The number of hydrogen-bond acceptors (Lipinski definition) is 3. The molecular formula is C23H28N2O3. The van der Waals surface area contributed by atoms with Gasteiger partial charge in [0.15, 0.2) is 0 Å². The van der Waals surface area contributed by atoms with Crippen LogP contribution in [-0.2, 0) is 13.0 Å². The maximum Gasteiger partial charge on any atom is 0.255 e. The van der Waals surface area contributed by atoms with E-state index in [1.54, 1.807) is 12.3 Å². The summed E-state index contributed by atoms with van der Waals surface area (Å²) in [7, 11) is 0. The minimum Gasteiger partial charge on any atom is -0.469 e. The summed E-state index contributed by atoms with van der Waals surface area (Å²) in [6, 6.07) is 9.77. The van der Waals surface area contributed by atoms with E-state index in [1.165, 1.54) is 19.3 Å². The van der Waals surface area contributed by atoms with Crippen molar-refractivity contribution >= 4 is 11.8 Å². The number of amides is 2. The summed E-state index contributed by atoms with van der Waals surface area (Å²) < 4.78 is 5.35. The quantitative estimate of drug-likeness (QED) is 0.812. The maximum atomic E-state index is 13.1. The third kappa shape index (κ3) is 3.84. The lowest BCUT2D eigenvalue weighted by molar-refractivity contribution is 0.0656. The van der Waals surface area contributed by atoms with Crippen molar-refractivity contribution in [1.82, 2.24) is 10.2 Å². The second-order valence-corrected chi connectivity index (χ2v) is 8.06. The van der Waals surface area contributed by atoms with Crippen LogP contribution in [0.25, 0.3) is 0 Å². The lowest BCUT2D eigenvalue weighted by Crippen LogP contribution is -2.38.